The van der Waals surface area contributed by atoms with E-state index in [0.717, 1.165) is 5.56 Å². The number of benzene rings is 2. The van der Waals surface area contributed by atoms with Crippen LogP contribution in [0.3, 0.4) is 0 Å². The first-order valence-corrected chi connectivity index (χ1v) is 10.9. The number of anilines is 1. The van der Waals surface area contributed by atoms with Crippen LogP contribution < -0.4 is 14.4 Å². The number of amides is 1. The summed E-state index contributed by atoms with van der Waals surface area (Å²) in [4.78, 5) is 24.3. The lowest BCUT2D eigenvalue weighted by molar-refractivity contribution is -0.146. The topological polar surface area (TPSA) is 102 Å². The summed E-state index contributed by atoms with van der Waals surface area (Å²) in [5, 5.41) is 2.44. The highest BCUT2D eigenvalue weighted by Crippen LogP contribution is 2.33. The largest absolute Gasteiger partial charge is 0.496 e. The third-order valence-corrected chi connectivity index (χ3v) is 6.42. The fourth-order valence-electron chi connectivity index (χ4n) is 3.26. The van der Waals surface area contributed by atoms with Crippen molar-refractivity contribution in [3.63, 3.8) is 0 Å². The van der Waals surface area contributed by atoms with Gasteiger partial charge in [-0.3, -0.25) is 13.9 Å². The molecule has 0 aromatic heterocycles. The third-order valence-electron chi connectivity index (χ3n) is 4.61. The second-order valence-corrected chi connectivity index (χ2v) is 8.90. The summed E-state index contributed by atoms with van der Waals surface area (Å²) >= 11 is 0. The maximum Gasteiger partial charge on any atom is 0.325 e. The number of ether oxygens (including phenoxy) is 2. The minimum Gasteiger partial charge on any atom is -0.496 e. The summed E-state index contributed by atoms with van der Waals surface area (Å²) in [6.07, 6.45) is 0.317. The highest BCUT2D eigenvalue weighted by molar-refractivity contribution is 7.92. The van der Waals surface area contributed by atoms with Crippen LogP contribution in [0.2, 0.25) is 0 Å². The van der Waals surface area contributed by atoms with Gasteiger partial charge in [-0.15, -0.1) is 0 Å². The standard InChI is InChI=1S/C21H24N2O6S/c1-14(2)29-20(24)13-22-21(25)17-12-16(8-9-19(17)28-3)30(26,27)23-11-10-15-6-4-5-7-18(15)23/h4-9,12,14H,10-11,13H2,1-3H3,(H,22,25). The van der Waals surface area contributed by atoms with Crippen LogP contribution in [0.4, 0.5) is 5.69 Å². The molecule has 0 saturated carbocycles. The SMILES string of the molecule is COc1ccc(S(=O)(=O)N2CCc3ccccc32)cc1C(=O)NCC(=O)OC(C)C. The van der Waals surface area contributed by atoms with Crippen molar-refractivity contribution in [2.45, 2.75) is 31.3 Å². The molecule has 1 N–H and O–H groups in total. The molecule has 1 heterocycles. The molecule has 0 fully saturated rings. The van der Waals surface area contributed by atoms with Gasteiger partial charge in [0.1, 0.15) is 12.3 Å². The lowest BCUT2D eigenvalue weighted by Gasteiger charge is -2.20. The van der Waals surface area contributed by atoms with Crippen molar-refractivity contribution in [1.82, 2.24) is 5.32 Å². The molecule has 0 unspecified atom stereocenters. The van der Waals surface area contributed by atoms with Gasteiger partial charge in [-0.1, -0.05) is 18.2 Å². The Balaban J connectivity index is 1.87. The number of para-hydroxylation sites is 1. The second kappa shape index (κ2) is 8.74. The van der Waals surface area contributed by atoms with Crippen LogP contribution in [0.5, 0.6) is 5.75 Å². The van der Waals surface area contributed by atoms with Crippen LogP contribution in [0, 0.1) is 0 Å². The van der Waals surface area contributed by atoms with Gasteiger partial charge in [0.25, 0.3) is 15.9 Å². The van der Waals surface area contributed by atoms with Crippen molar-refractivity contribution in [3.8, 4) is 5.75 Å². The average molecular weight is 432 g/mol. The normalized spacial score (nSPS) is 13.1. The number of carbonyl (C=O) groups is 2. The average Bonchev–Trinajstić information content (AvgIpc) is 3.16. The molecule has 0 spiro atoms. The quantitative estimate of drug-likeness (QED) is 0.673. The number of fused-ring (bicyclic) bond motifs is 1. The van der Waals surface area contributed by atoms with Crippen molar-refractivity contribution in [1.29, 1.82) is 0 Å². The van der Waals surface area contributed by atoms with Crippen molar-refractivity contribution in [2.24, 2.45) is 0 Å². The number of nitrogens with zero attached hydrogens (tertiary/aromatic N) is 1. The molecule has 0 radical (unpaired) electrons. The number of hydrogen-bond donors (Lipinski definition) is 1. The minimum atomic E-state index is -3.87. The molecule has 0 bridgehead atoms. The lowest BCUT2D eigenvalue weighted by Crippen LogP contribution is -2.32. The van der Waals surface area contributed by atoms with Crippen LogP contribution in [0.1, 0.15) is 29.8 Å². The molecular weight excluding hydrogens is 408 g/mol. The third kappa shape index (κ3) is 4.40. The zero-order valence-electron chi connectivity index (χ0n) is 17.0. The van der Waals surface area contributed by atoms with E-state index < -0.39 is 21.9 Å². The first-order valence-electron chi connectivity index (χ1n) is 9.50. The number of carbonyl (C=O) groups excluding carboxylic acids is 2. The maximum absolute atomic E-state index is 13.2. The smallest absolute Gasteiger partial charge is 0.325 e. The van der Waals surface area contributed by atoms with Crippen LogP contribution in [-0.4, -0.2) is 46.6 Å². The van der Waals surface area contributed by atoms with E-state index in [1.54, 1.807) is 26.0 Å². The first-order chi connectivity index (χ1) is 14.2. The van der Waals surface area contributed by atoms with Crippen molar-refractivity contribution < 1.29 is 27.5 Å². The number of methoxy groups -OCH3 is 1. The Morgan fingerprint density at radius 3 is 2.60 bits per heavy atom. The molecule has 160 valence electrons. The predicted octanol–water partition coefficient (Wildman–Crippen LogP) is 2.13. The fourth-order valence-corrected chi connectivity index (χ4v) is 4.79. The van der Waals surface area contributed by atoms with Gasteiger partial charge >= 0.3 is 5.97 Å². The lowest BCUT2D eigenvalue weighted by atomic mass is 10.2. The number of nitrogens with one attached hydrogen (secondary N) is 1. The molecule has 0 atom stereocenters. The molecule has 2 aromatic rings. The molecule has 30 heavy (non-hydrogen) atoms. The molecule has 0 aliphatic carbocycles. The molecule has 8 nitrogen and oxygen atoms in total. The monoisotopic (exact) mass is 432 g/mol. The van der Waals surface area contributed by atoms with E-state index in [-0.39, 0.29) is 28.9 Å². The predicted molar refractivity (Wildman–Crippen MR) is 111 cm³/mol. The van der Waals surface area contributed by atoms with Gasteiger partial charge in [0.2, 0.25) is 0 Å². The fraction of sp³-hybridized carbons (Fsp3) is 0.333. The Morgan fingerprint density at radius 2 is 1.90 bits per heavy atom. The van der Waals surface area contributed by atoms with Gasteiger partial charge in [0.15, 0.2) is 0 Å². The highest BCUT2D eigenvalue weighted by Gasteiger charge is 2.31. The van der Waals surface area contributed by atoms with Crippen molar-refractivity contribution in [2.75, 3.05) is 24.5 Å². The van der Waals surface area contributed by atoms with Crippen LogP contribution in [-0.2, 0) is 26.0 Å². The Bertz CT molecular complexity index is 1060. The molecule has 3 rings (SSSR count). The van der Waals surface area contributed by atoms with E-state index in [2.05, 4.69) is 5.32 Å². The molecule has 0 saturated heterocycles. The summed E-state index contributed by atoms with van der Waals surface area (Å²) in [6.45, 7) is 3.40. The van der Waals surface area contributed by atoms with Gasteiger partial charge in [-0.05, 0) is 50.1 Å². The molecule has 9 heteroatoms. The zero-order chi connectivity index (χ0) is 21.9. The number of sulfonamides is 1. The van der Waals surface area contributed by atoms with E-state index in [1.807, 2.05) is 12.1 Å². The van der Waals surface area contributed by atoms with E-state index in [1.165, 1.54) is 29.6 Å². The number of rotatable bonds is 7. The summed E-state index contributed by atoms with van der Waals surface area (Å²) < 4.78 is 38.0. The summed E-state index contributed by atoms with van der Waals surface area (Å²) in [5.74, 6) is -1.02. The van der Waals surface area contributed by atoms with E-state index in [0.29, 0.717) is 18.7 Å². The molecule has 1 aliphatic rings. The highest BCUT2D eigenvalue weighted by atomic mass is 32.2. The summed E-state index contributed by atoms with van der Waals surface area (Å²) in [7, 11) is -2.50. The first kappa shape index (κ1) is 21.6. The minimum absolute atomic E-state index is 0.0170. The maximum atomic E-state index is 13.2. The van der Waals surface area contributed by atoms with Crippen LogP contribution >= 0.6 is 0 Å². The summed E-state index contributed by atoms with van der Waals surface area (Å²) in [6, 6.07) is 11.4. The Hall–Kier alpha value is -3.07. The van der Waals surface area contributed by atoms with Gasteiger partial charge in [0.05, 0.1) is 29.4 Å². The van der Waals surface area contributed by atoms with E-state index in [9.17, 15) is 18.0 Å². The van der Waals surface area contributed by atoms with Gasteiger partial charge in [0, 0.05) is 6.54 Å². The Morgan fingerprint density at radius 1 is 1.17 bits per heavy atom. The molecular formula is C21H24N2O6S. The van der Waals surface area contributed by atoms with E-state index in [4.69, 9.17) is 9.47 Å². The molecule has 1 amide bonds. The number of esters is 1. The second-order valence-electron chi connectivity index (χ2n) is 7.04. The molecule has 2 aromatic carbocycles. The Labute approximate surface area is 175 Å². The van der Waals surface area contributed by atoms with Gasteiger partial charge in [-0.2, -0.15) is 0 Å². The summed E-state index contributed by atoms with van der Waals surface area (Å²) in [5.41, 5.74) is 1.61. The van der Waals surface area contributed by atoms with Crippen molar-refractivity contribution >= 4 is 27.6 Å². The van der Waals surface area contributed by atoms with Gasteiger partial charge in [-0.25, -0.2) is 8.42 Å². The van der Waals surface area contributed by atoms with Crippen LogP contribution in [0.25, 0.3) is 0 Å². The molecule has 1 aliphatic heterocycles. The Kier molecular flexibility index (Phi) is 6.31. The van der Waals surface area contributed by atoms with Crippen molar-refractivity contribution in [3.05, 3.63) is 53.6 Å². The van der Waals surface area contributed by atoms with E-state index >= 15 is 0 Å². The zero-order valence-corrected chi connectivity index (χ0v) is 17.9. The van der Waals surface area contributed by atoms with Crippen LogP contribution in [0.15, 0.2) is 47.4 Å². The van der Waals surface area contributed by atoms with Gasteiger partial charge < -0.3 is 14.8 Å². The number of hydrogen-bond acceptors (Lipinski definition) is 6.